The molecule has 1 atom stereocenters. The van der Waals surface area contributed by atoms with E-state index in [0.717, 1.165) is 19.3 Å². The van der Waals surface area contributed by atoms with Crippen molar-refractivity contribution >= 4 is 5.97 Å². The lowest BCUT2D eigenvalue weighted by atomic mass is 10.1. The number of allylic oxidation sites excluding steroid dienone is 3. The van der Waals surface area contributed by atoms with E-state index >= 15 is 0 Å². The minimum atomic E-state index is -0.228. The number of carbonyl (C=O) groups excluding carboxylic acids is 1. The van der Waals surface area contributed by atoms with Gasteiger partial charge in [-0.15, -0.1) is 0 Å². The van der Waals surface area contributed by atoms with Gasteiger partial charge in [0.1, 0.15) is 0 Å². The number of rotatable bonds is 0. The lowest BCUT2D eigenvalue weighted by Crippen LogP contribution is -2.12. The number of hydrogen-bond donors (Lipinski definition) is 0. The second kappa shape index (κ2) is 8.14. The van der Waals surface area contributed by atoms with Gasteiger partial charge in [0, 0.05) is 6.08 Å². The second-order valence-corrected chi connectivity index (χ2v) is 4.38. The topological polar surface area (TPSA) is 26.3 Å². The first-order valence-electron chi connectivity index (χ1n) is 6.33. The quantitative estimate of drug-likeness (QED) is 0.583. The van der Waals surface area contributed by atoms with Crippen LogP contribution in [0.2, 0.25) is 0 Å². The van der Waals surface area contributed by atoms with Crippen LogP contribution in [-0.2, 0) is 9.53 Å². The molecule has 0 fully saturated rings. The SMILES string of the molecule is CC1CCCCCCC/C=C\C=C/C(=O)O1. The number of hydrogen-bond acceptors (Lipinski definition) is 2. The first-order valence-corrected chi connectivity index (χ1v) is 6.33. The molecule has 0 aliphatic carbocycles. The van der Waals surface area contributed by atoms with Crippen LogP contribution in [0.15, 0.2) is 24.3 Å². The van der Waals surface area contributed by atoms with Gasteiger partial charge in [0.25, 0.3) is 0 Å². The van der Waals surface area contributed by atoms with Crippen molar-refractivity contribution < 1.29 is 9.53 Å². The summed E-state index contributed by atoms with van der Waals surface area (Å²) in [7, 11) is 0. The lowest BCUT2D eigenvalue weighted by molar-refractivity contribution is -0.142. The van der Waals surface area contributed by atoms with Crippen LogP contribution in [0.3, 0.4) is 0 Å². The molecule has 90 valence electrons. The van der Waals surface area contributed by atoms with Crippen molar-refractivity contribution in [3.63, 3.8) is 0 Å². The highest BCUT2D eigenvalue weighted by Crippen LogP contribution is 2.11. The van der Waals surface area contributed by atoms with E-state index in [4.69, 9.17) is 4.74 Å². The maximum atomic E-state index is 11.3. The van der Waals surface area contributed by atoms with Crippen LogP contribution in [0.25, 0.3) is 0 Å². The van der Waals surface area contributed by atoms with Gasteiger partial charge in [-0.1, -0.05) is 37.5 Å². The highest BCUT2D eigenvalue weighted by atomic mass is 16.5. The number of esters is 1. The summed E-state index contributed by atoms with van der Waals surface area (Å²) in [6.07, 6.45) is 15.7. The van der Waals surface area contributed by atoms with Crippen LogP contribution in [0.1, 0.15) is 51.9 Å². The molecule has 16 heavy (non-hydrogen) atoms. The van der Waals surface area contributed by atoms with Crippen molar-refractivity contribution in [1.82, 2.24) is 0 Å². The van der Waals surface area contributed by atoms with Crippen LogP contribution in [0.5, 0.6) is 0 Å². The molecule has 0 saturated carbocycles. The summed E-state index contributed by atoms with van der Waals surface area (Å²) in [5.74, 6) is -0.228. The predicted octanol–water partition coefficient (Wildman–Crippen LogP) is 3.77. The molecule has 1 heterocycles. The Morgan fingerprint density at radius 3 is 2.75 bits per heavy atom. The molecular formula is C14H22O2. The van der Waals surface area contributed by atoms with E-state index < -0.39 is 0 Å². The highest BCUT2D eigenvalue weighted by molar-refractivity contribution is 5.82. The third-order valence-corrected chi connectivity index (χ3v) is 2.78. The van der Waals surface area contributed by atoms with E-state index in [-0.39, 0.29) is 12.1 Å². The zero-order valence-electron chi connectivity index (χ0n) is 10.2. The largest absolute Gasteiger partial charge is 0.460 e. The Balaban J connectivity index is 2.42. The van der Waals surface area contributed by atoms with E-state index in [1.54, 1.807) is 6.08 Å². The second-order valence-electron chi connectivity index (χ2n) is 4.38. The fraction of sp³-hybridized carbons (Fsp3) is 0.643. The fourth-order valence-electron chi connectivity index (χ4n) is 1.83. The molecule has 0 bridgehead atoms. The summed E-state index contributed by atoms with van der Waals surface area (Å²) < 4.78 is 5.24. The molecule has 1 unspecified atom stereocenters. The average molecular weight is 222 g/mol. The van der Waals surface area contributed by atoms with Gasteiger partial charge in [0.05, 0.1) is 6.10 Å². The highest BCUT2D eigenvalue weighted by Gasteiger charge is 2.06. The van der Waals surface area contributed by atoms with Crippen molar-refractivity contribution in [2.45, 2.75) is 58.0 Å². The van der Waals surface area contributed by atoms with Gasteiger partial charge in [-0.05, 0) is 32.6 Å². The molecule has 0 radical (unpaired) electrons. The molecule has 1 rings (SSSR count). The van der Waals surface area contributed by atoms with Gasteiger partial charge in [-0.3, -0.25) is 0 Å². The standard InChI is InChI=1S/C14H22O2/c1-13-11-9-7-5-3-2-4-6-8-10-12-14(15)16-13/h6,8,10,12-13H,2-5,7,9,11H2,1H3/b8-6-,12-10-. The van der Waals surface area contributed by atoms with Gasteiger partial charge in [0.2, 0.25) is 0 Å². The van der Waals surface area contributed by atoms with Crippen molar-refractivity contribution in [3.8, 4) is 0 Å². The van der Waals surface area contributed by atoms with Crippen LogP contribution in [0.4, 0.5) is 0 Å². The minimum absolute atomic E-state index is 0.0454. The molecule has 0 aromatic rings. The summed E-state index contributed by atoms with van der Waals surface area (Å²) in [4.78, 5) is 11.3. The third kappa shape index (κ3) is 6.44. The molecule has 0 N–H and O–H groups in total. The van der Waals surface area contributed by atoms with Crippen LogP contribution < -0.4 is 0 Å². The van der Waals surface area contributed by atoms with Gasteiger partial charge in [0.15, 0.2) is 0 Å². The molecule has 0 amide bonds. The Hall–Kier alpha value is -1.05. The predicted molar refractivity (Wildman–Crippen MR) is 66.2 cm³/mol. The summed E-state index contributed by atoms with van der Waals surface area (Å²) in [5, 5.41) is 0. The van der Waals surface area contributed by atoms with Crippen LogP contribution in [-0.4, -0.2) is 12.1 Å². The van der Waals surface area contributed by atoms with Gasteiger partial charge in [-0.25, -0.2) is 4.79 Å². The monoisotopic (exact) mass is 222 g/mol. The Morgan fingerprint density at radius 1 is 1.12 bits per heavy atom. The van der Waals surface area contributed by atoms with E-state index in [0.29, 0.717) is 0 Å². The lowest BCUT2D eigenvalue weighted by Gasteiger charge is -2.11. The van der Waals surface area contributed by atoms with Gasteiger partial charge < -0.3 is 4.74 Å². The van der Waals surface area contributed by atoms with E-state index in [1.807, 2.05) is 13.0 Å². The van der Waals surface area contributed by atoms with Crippen molar-refractivity contribution in [3.05, 3.63) is 24.3 Å². The smallest absolute Gasteiger partial charge is 0.331 e. The molecule has 2 nitrogen and oxygen atoms in total. The van der Waals surface area contributed by atoms with E-state index in [1.165, 1.54) is 31.8 Å². The van der Waals surface area contributed by atoms with Crippen molar-refractivity contribution in [2.24, 2.45) is 0 Å². The zero-order chi connectivity index (χ0) is 11.6. The van der Waals surface area contributed by atoms with Crippen LogP contribution in [0, 0.1) is 0 Å². The van der Waals surface area contributed by atoms with Crippen molar-refractivity contribution in [2.75, 3.05) is 0 Å². The Kier molecular flexibility index (Phi) is 6.62. The first kappa shape index (κ1) is 13.0. The van der Waals surface area contributed by atoms with Gasteiger partial charge in [-0.2, -0.15) is 0 Å². The Labute approximate surface area is 98.4 Å². The number of cyclic esters (lactones) is 1. The average Bonchev–Trinajstić information content (AvgIpc) is 2.25. The summed E-state index contributed by atoms with van der Waals surface area (Å²) in [6.45, 7) is 1.97. The molecular weight excluding hydrogens is 200 g/mol. The molecule has 0 aromatic carbocycles. The number of ether oxygens (including phenoxy) is 1. The summed E-state index contributed by atoms with van der Waals surface area (Å²) in [6, 6.07) is 0. The Morgan fingerprint density at radius 2 is 1.88 bits per heavy atom. The summed E-state index contributed by atoms with van der Waals surface area (Å²) in [5.41, 5.74) is 0. The molecule has 0 aromatic heterocycles. The third-order valence-electron chi connectivity index (χ3n) is 2.78. The number of carbonyl (C=O) groups is 1. The van der Waals surface area contributed by atoms with Gasteiger partial charge >= 0.3 is 5.97 Å². The van der Waals surface area contributed by atoms with Crippen molar-refractivity contribution in [1.29, 1.82) is 0 Å². The minimum Gasteiger partial charge on any atom is -0.460 e. The molecule has 2 heteroatoms. The molecule has 0 saturated heterocycles. The zero-order valence-corrected chi connectivity index (χ0v) is 10.2. The molecule has 0 spiro atoms. The maximum absolute atomic E-state index is 11.3. The van der Waals surface area contributed by atoms with E-state index in [2.05, 4.69) is 6.08 Å². The van der Waals surface area contributed by atoms with E-state index in [9.17, 15) is 4.79 Å². The summed E-state index contributed by atoms with van der Waals surface area (Å²) >= 11 is 0. The van der Waals surface area contributed by atoms with Crippen LogP contribution >= 0.6 is 0 Å². The maximum Gasteiger partial charge on any atom is 0.331 e. The fourth-order valence-corrected chi connectivity index (χ4v) is 1.83. The Bertz CT molecular complexity index is 253. The molecule has 1 aliphatic rings. The molecule has 1 aliphatic heterocycles. The first-order chi connectivity index (χ1) is 7.79. The normalized spacial score (nSPS) is 28.8.